The molecule has 0 aromatic heterocycles. The lowest BCUT2D eigenvalue weighted by Gasteiger charge is -2.40. The van der Waals surface area contributed by atoms with Gasteiger partial charge in [-0.3, -0.25) is 14.4 Å². The summed E-state index contributed by atoms with van der Waals surface area (Å²) in [4.78, 5) is 35.6. The average Bonchev–Trinajstić information content (AvgIpc) is 3.61. The van der Waals surface area contributed by atoms with E-state index in [0.29, 0.717) is 19.4 Å². The molecular formula is C34H53NO10. The SMILES string of the molecule is CCOC(C)O[C@@H]1[C@@H](/C=C/C(C)=C/C[C@@H]2O[C@H](C)[C@H](NC(=O)/C=C\[C@H](C)OC(C)=O)C[C@@H]2C)O[C@H](CC(=O)OC)C[C@]12O[C@@H]2C. The van der Waals surface area contributed by atoms with Crippen LogP contribution in [-0.2, 0) is 47.5 Å². The fraction of sp³-hybridized carbons (Fsp3) is 0.735. The van der Waals surface area contributed by atoms with Gasteiger partial charge in [0.15, 0.2) is 6.29 Å². The zero-order valence-corrected chi connectivity index (χ0v) is 28.3. The van der Waals surface area contributed by atoms with Gasteiger partial charge in [-0.25, -0.2) is 0 Å². The van der Waals surface area contributed by atoms with Gasteiger partial charge in [0.05, 0.1) is 44.0 Å². The molecular weight excluding hydrogens is 582 g/mol. The molecule has 3 aliphatic heterocycles. The molecule has 0 bridgehead atoms. The molecule has 3 saturated heterocycles. The largest absolute Gasteiger partial charge is 0.469 e. The smallest absolute Gasteiger partial charge is 0.308 e. The normalized spacial score (nSPS) is 34.9. The fourth-order valence-corrected chi connectivity index (χ4v) is 6.19. The van der Waals surface area contributed by atoms with Crippen molar-refractivity contribution in [2.45, 2.75) is 142 Å². The summed E-state index contributed by atoms with van der Waals surface area (Å²) in [5, 5.41) is 3.02. The van der Waals surface area contributed by atoms with Gasteiger partial charge in [-0.1, -0.05) is 30.7 Å². The van der Waals surface area contributed by atoms with Crippen LogP contribution in [0.4, 0.5) is 0 Å². The summed E-state index contributed by atoms with van der Waals surface area (Å²) in [5.74, 6) is -0.748. The van der Waals surface area contributed by atoms with Gasteiger partial charge < -0.3 is 38.5 Å². The number of hydrogen-bond acceptors (Lipinski definition) is 10. The van der Waals surface area contributed by atoms with Crippen LogP contribution in [0.15, 0.2) is 36.0 Å². The van der Waals surface area contributed by atoms with Crippen molar-refractivity contribution in [3.05, 3.63) is 36.0 Å². The van der Waals surface area contributed by atoms with Crippen molar-refractivity contribution in [2.24, 2.45) is 5.92 Å². The fourth-order valence-electron chi connectivity index (χ4n) is 6.19. The predicted octanol–water partition coefficient (Wildman–Crippen LogP) is 4.33. The molecule has 0 aromatic carbocycles. The number of carbonyl (C=O) groups is 3. The molecule has 0 saturated carbocycles. The molecule has 1 unspecified atom stereocenters. The third-order valence-electron chi connectivity index (χ3n) is 8.70. The minimum Gasteiger partial charge on any atom is -0.469 e. The maximum absolute atomic E-state index is 12.4. The molecule has 3 rings (SSSR count). The predicted molar refractivity (Wildman–Crippen MR) is 167 cm³/mol. The maximum Gasteiger partial charge on any atom is 0.308 e. The van der Waals surface area contributed by atoms with Gasteiger partial charge in [0.1, 0.15) is 23.9 Å². The van der Waals surface area contributed by atoms with E-state index in [1.165, 1.54) is 20.1 Å². The summed E-state index contributed by atoms with van der Waals surface area (Å²) >= 11 is 0. The first kappa shape index (κ1) is 36.9. The Kier molecular flexibility index (Phi) is 13.8. The van der Waals surface area contributed by atoms with Crippen molar-refractivity contribution in [1.29, 1.82) is 0 Å². The Hall–Kier alpha value is -2.57. The number of amides is 1. The number of carbonyl (C=O) groups excluding carboxylic acids is 3. The van der Waals surface area contributed by atoms with E-state index in [9.17, 15) is 14.4 Å². The zero-order chi connectivity index (χ0) is 33.3. The standard InChI is InChI=1S/C34H53NO10/c1-10-40-26(8)43-33-30(44-27(18-32(38)39-9)19-34(33)24(6)45-34)15-12-20(2)11-14-29-21(3)17-28(23(5)42-29)35-31(37)16-13-22(4)41-25(7)36/h11-13,15-16,21-24,26-30,33H,10,14,17-19H2,1-9H3,(H,35,37)/b15-12+,16-13-,20-11+/t21-,22-,23+,24+,26?,27+,28+,29-,30+,33+,34+/m0/s1. The molecule has 3 fully saturated rings. The monoisotopic (exact) mass is 635 g/mol. The van der Waals surface area contributed by atoms with Crippen molar-refractivity contribution in [3.63, 3.8) is 0 Å². The van der Waals surface area contributed by atoms with E-state index < -0.39 is 36.2 Å². The summed E-state index contributed by atoms with van der Waals surface area (Å²) < 4.78 is 40.8. The zero-order valence-electron chi connectivity index (χ0n) is 28.3. The van der Waals surface area contributed by atoms with Crippen LogP contribution >= 0.6 is 0 Å². The topological polar surface area (TPSA) is 131 Å². The van der Waals surface area contributed by atoms with E-state index in [1.807, 2.05) is 46.8 Å². The lowest BCUT2D eigenvalue weighted by molar-refractivity contribution is -0.227. The van der Waals surface area contributed by atoms with Crippen LogP contribution in [0.3, 0.4) is 0 Å². The van der Waals surface area contributed by atoms with Crippen LogP contribution in [0.5, 0.6) is 0 Å². The second-order valence-corrected chi connectivity index (χ2v) is 12.4. The van der Waals surface area contributed by atoms with Gasteiger partial charge in [0.2, 0.25) is 5.91 Å². The minimum atomic E-state index is -0.557. The number of esters is 2. The van der Waals surface area contributed by atoms with Gasteiger partial charge in [-0.2, -0.15) is 0 Å². The number of ether oxygens (including phenoxy) is 7. The molecule has 1 amide bonds. The van der Waals surface area contributed by atoms with Gasteiger partial charge in [-0.05, 0) is 66.4 Å². The van der Waals surface area contributed by atoms with Crippen LogP contribution < -0.4 is 5.32 Å². The minimum absolute atomic E-state index is 0.00138. The number of rotatable bonds is 14. The molecule has 45 heavy (non-hydrogen) atoms. The summed E-state index contributed by atoms with van der Waals surface area (Å²) in [6, 6.07) is -0.126. The molecule has 254 valence electrons. The van der Waals surface area contributed by atoms with Gasteiger partial charge in [0.25, 0.3) is 0 Å². The van der Waals surface area contributed by atoms with E-state index in [1.54, 1.807) is 13.0 Å². The Morgan fingerprint density at radius 2 is 1.80 bits per heavy atom. The van der Waals surface area contributed by atoms with Crippen LogP contribution in [0, 0.1) is 5.92 Å². The summed E-state index contributed by atoms with van der Waals surface area (Å²) in [7, 11) is 1.38. The molecule has 11 atom stereocenters. The Morgan fingerprint density at radius 1 is 1.09 bits per heavy atom. The highest BCUT2D eigenvalue weighted by Crippen LogP contribution is 2.50. The quantitative estimate of drug-likeness (QED) is 0.0968. The van der Waals surface area contributed by atoms with Crippen LogP contribution in [0.1, 0.15) is 81.1 Å². The van der Waals surface area contributed by atoms with Crippen molar-refractivity contribution in [1.82, 2.24) is 5.32 Å². The molecule has 0 aromatic rings. The summed E-state index contributed by atoms with van der Waals surface area (Å²) in [6.45, 7) is 15.5. The van der Waals surface area contributed by atoms with Gasteiger partial charge >= 0.3 is 11.9 Å². The molecule has 1 N–H and O–H groups in total. The Balaban J connectivity index is 1.62. The first-order valence-electron chi connectivity index (χ1n) is 16.1. The van der Waals surface area contributed by atoms with E-state index in [0.717, 1.165) is 12.0 Å². The second-order valence-electron chi connectivity index (χ2n) is 12.4. The molecule has 3 aliphatic rings. The number of nitrogens with one attached hydrogen (secondary N) is 1. The second kappa shape index (κ2) is 16.8. The van der Waals surface area contributed by atoms with E-state index >= 15 is 0 Å². The Labute approximate surface area is 268 Å². The van der Waals surface area contributed by atoms with Crippen molar-refractivity contribution in [3.8, 4) is 0 Å². The lowest BCUT2D eigenvalue weighted by Crippen LogP contribution is -2.53. The highest BCUT2D eigenvalue weighted by Gasteiger charge is 2.65. The third kappa shape index (κ3) is 10.7. The van der Waals surface area contributed by atoms with E-state index in [2.05, 4.69) is 18.3 Å². The molecule has 11 nitrogen and oxygen atoms in total. The number of methoxy groups -OCH3 is 1. The number of hydrogen-bond donors (Lipinski definition) is 1. The lowest BCUT2D eigenvalue weighted by atomic mass is 9.84. The summed E-state index contributed by atoms with van der Waals surface area (Å²) in [5.41, 5.74) is 0.480. The third-order valence-corrected chi connectivity index (χ3v) is 8.70. The Morgan fingerprint density at radius 3 is 2.42 bits per heavy atom. The molecule has 1 spiro atoms. The van der Waals surface area contributed by atoms with Gasteiger partial charge in [-0.15, -0.1) is 0 Å². The average molecular weight is 636 g/mol. The van der Waals surface area contributed by atoms with Crippen LogP contribution in [-0.4, -0.2) is 92.2 Å². The van der Waals surface area contributed by atoms with Crippen molar-refractivity contribution in [2.75, 3.05) is 13.7 Å². The van der Waals surface area contributed by atoms with E-state index in [-0.39, 0.29) is 54.7 Å². The van der Waals surface area contributed by atoms with E-state index in [4.69, 9.17) is 33.2 Å². The van der Waals surface area contributed by atoms with Crippen LogP contribution in [0.2, 0.25) is 0 Å². The number of epoxide rings is 1. The molecule has 0 aliphatic carbocycles. The van der Waals surface area contributed by atoms with Crippen molar-refractivity contribution >= 4 is 17.8 Å². The highest BCUT2D eigenvalue weighted by molar-refractivity contribution is 5.87. The first-order chi connectivity index (χ1) is 21.3. The summed E-state index contributed by atoms with van der Waals surface area (Å²) in [6.07, 6.45) is 8.92. The highest BCUT2D eigenvalue weighted by atomic mass is 16.7. The first-order valence-corrected chi connectivity index (χ1v) is 16.1. The van der Waals surface area contributed by atoms with Crippen LogP contribution in [0.25, 0.3) is 0 Å². The van der Waals surface area contributed by atoms with Gasteiger partial charge in [0, 0.05) is 26.0 Å². The molecule has 11 heteroatoms. The Bertz CT molecular complexity index is 1100. The molecule has 0 radical (unpaired) electrons. The van der Waals surface area contributed by atoms with Crippen molar-refractivity contribution < 1.29 is 47.5 Å². The molecule has 3 heterocycles. The number of allylic oxidation sites excluding steroid dienone is 2. The maximum atomic E-state index is 12.4.